The fourth-order valence-corrected chi connectivity index (χ4v) is 4.69. The zero-order chi connectivity index (χ0) is 29.4. The Morgan fingerprint density at radius 2 is 1.44 bits per heavy atom. The summed E-state index contributed by atoms with van der Waals surface area (Å²) in [5, 5.41) is 8.53. The first-order valence-corrected chi connectivity index (χ1v) is 13.7. The van der Waals surface area contributed by atoms with Gasteiger partial charge in [0.1, 0.15) is 5.75 Å². The van der Waals surface area contributed by atoms with Crippen molar-refractivity contribution in [1.29, 1.82) is 0 Å². The van der Waals surface area contributed by atoms with Crippen molar-refractivity contribution in [1.82, 2.24) is 5.32 Å². The van der Waals surface area contributed by atoms with E-state index < -0.39 is 12.0 Å². The summed E-state index contributed by atoms with van der Waals surface area (Å²) in [6.45, 7) is 8.82. The van der Waals surface area contributed by atoms with Gasteiger partial charge in [0.05, 0.1) is 30.5 Å². The number of hydrogen-bond acceptors (Lipinski definition) is 7. The molecule has 1 saturated heterocycles. The summed E-state index contributed by atoms with van der Waals surface area (Å²) < 4.78 is 10.5. The maximum Gasteiger partial charge on any atom is 0.338 e. The minimum absolute atomic E-state index is 0.0461. The zero-order valence-electron chi connectivity index (χ0n) is 23.9. The number of amides is 3. The topological polar surface area (TPSA) is 112 Å². The second kappa shape index (κ2) is 13.6. The van der Waals surface area contributed by atoms with E-state index in [0.29, 0.717) is 22.5 Å². The van der Waals surface area contributed by atoms with Gasteiger partial charge in [0.2, 0.25) is 0 Å². The molecule has 4 rings (SSSR count). The van der Waals surface area contributed by atoms with Crippen LogP contribution in [0, 0.1) is 0 Å². The van der Waals surface area contributed by atoms with Crippen LogP contribution in [0.2, 0.25) is 0 Å². The molecule has 0 radical (unpaired) electrons. The van der Waals surface area contributed by atoms with E-state index in [4.69, 9.17) is 9.47 Å². The highest BCUT2D eigenvalue weighted by Crippen LogP contribution is 2.31. The van der Waals surface area contributed by atoms with Crippen molar-refractivity contribution in [3.63, 3.8) is 0 Å². The molecule has 10 heteroatoms. The average Bonchev–Trinajstić information content (AvgIpc) is 2.97. The number of esters is 1. The molecule has 0 aliphatic carbocycles. The molecule has 1 heterocycles. The highest BCUT2D eigenvalue weighted by atomic mass is 16.5. The van der Waals surface area contributed by atoms with Crippen LogP contribution in [-0.2, 0) is 4.74 Å². The molecule has 3 amide bonds. The summed E-state index contributed by atoms with van der Waals surface area (Å²) in [6.07, 6.45) is 0. The van der Waals surface area contributed by atoms with E-state index in [2.05, 4.69) is 31.8 Å². The smallest absolute Gasteiger partial charge is 0.338 e. The van der Waals surface area contributed by atoms with E-state index in [1.807, 2.05) is 38.1 Å². The van der Waals surface area contributed by atoms with Gasteiger partial charge in [0.25, 0.3) is 5.91 Å². The third-order valence-electron chi connectivity index (χ3n) is 6.62. The number of methoxy groups -OCH3 is 1. The SMILES string of the molecule is CCOC(=O)c1ccc(NC(=O)Nc2ccc(N3CCN(c4ccccc4OC)CC3)c(C(=O)NC(C)C)c2)cc1. The van der Waals surface area contributed by atoms with E-state index in [9.17, 15) is 14.4 Å². The molecule has 216 valence electrons. The first-order chi connectivity index (χ1) is 19.8. The van der Waals surface area contributed by atoms with E-state index in [1.165, 1.54) is 0 Å². The van der Waals surface area contributed by atoms with Crippen LogP contribution in [0.25, 0.3) is 0 Å². The molecule has 0 spiro atoms. The van der Waals surface area contributed by atoms with Crippen LogP contribution < -0.4 is 30.5 Å². The Kier molecular flexibility index (Phi) is 9.68. The molecule has 0 aromatic heterocycles. The predicted molar refractivity (Wildman–Crippen MR) is 162 cm³/mol. The van der Waals surface area contributed by atoms with Crippen molar-refractivity contribution < 1.29 is 23.9 Å². The number of anilines is 4. The molecule has 1 aliphatic rings. The number of para-hydroxylation sites is 2. The van der Waals surface area contributed by atoms with Gasteiger partial charge in [-0.1, -0.05) is 12.1 Å². The number of piperazine rings is 1. The number of hydrogen-bond donors (Lipinski definition) is 3. The fraction of sp³-hybridized carbons (Fsp3) is 0.323. The number of ether oxygens (including phenoxy) is 2. The van der Waals surface area contributed by atoms with Crippen LogP contribution in [0.1, 0.15) is 41.5 Å². The van der Waals surface area contributed by atoms with Crippen molar-refractivity contribution in [2.45, 2.75) is 26.8 Å². The Labute approximate surface area is 240 Å². The number of urea groups is 1. The van der Waals surface area contributed by atoms with Gasteiger partial charge in [-0.15, -0.1) is 0 Å². The molecular formula is C31H37N5O5. The molecule has 41 heavy (non-hydrogen) atoms. The predicted octanol–water partition coefficient (Wildman–Crippen LogP) is 4.98. The van der Waals surface area contributed by atoms with Gasteiger partial charge in [0, 0.05) is 49.3 Å². The number of rotatable bonds is 9. The number of nitrogens with zero attached hydrogens (tertiary/aromatic N) is 2. The number of benzene rings is 3. The number of carbonyl (C=O) groups is 3. The van der Waals surface area contributed by atoms with Crippen LogP contribution in [-0.4, -0.2) is 63.8 Å². The van der Waals surface area contributed by atoms with E-state index in [0.717, 1.165) is 43.3 Å². The molecular weight excluding hydrogens is 522 g/mol. The Balaban J connectivity index is 1.46. The van der Waals surface area contributed by atoms with Crippen LogP contribution in [0.4, 0.5) is 27.5 Å². The van der Waals surface area contributed by atoms with Crippen molar-refractivity contribution in [2.24, 2.45) is 0 Å². The summed E-state index contributed by atoms with van der Waals surface area (Å²) in [4.78, 5) is 42.3. The van der Waals surface area contributed by atoms with Gasteiger partial charge >= 0.3 is 12.0 Å². The molecule has 3 aromatic rings. The Bertz CT molecular complexity index is 1370. The van der Waals surface area contributed by atoms with Crippen LogP contribution >= 0.6 is 0 Å². The van der Waals surface area contributed by atoms with Crippen LogP contribution in [0.3, 0.4) is 0 Å². The molecule has 0 atom stereocenters. The maximum atomic E-state index is 13.2. The molecule has 3 N–H and O–H groups in total. The van der Waals surface area contributed by atoms with Crippen molar-refractivity contribution >= 4 is 40.7 Å². The minimum atomic E-state index is -0.470. The second-order valence-corrected chi connectivity index (χ2v) is 9.88. The largest absolute Gasteiger partial charge is 0.495 e. The van der Waals surface area contributed by atoms with E-state index >= 15 is 0 Å². The lowest BCUT2D eigenvalue weighted by Gasteiger charge is -2.38. The zero-order valence-corrected chi connectivity index (χ0v) is 23.9. The lowest BCUT2D eigenvalue weighted by Crippen LogP contribution is -2.47. The number of carbonyl (C=O) groups excluding carboxylic acids is 3. The number of nitrogens with one attached hydrogen (secondary N) is 3. The van der Waals surface area contributed by atoms with Gasteiger partial charge in [-0.25, -0.2) is 9.59 Å². The van der Waals surface area contributed by atoms with Gasteiger partial charge in [-0.2, -0.15) is 0 Å². The molecule has 1 fully saturated rings. The molecule has 10 nitrogen and oxygen atoms in total. The van der Waals surface area contributed by atoms with E-state index in [-0.39, 0.29) is 18.6 Å². The van der Waals surface area contributed by atoms with Gasteiger partial charge < -0.3 is 35.2 Å². The Morgan fingerprint density at radius 3 is 2.07 bits per heavy atom. The summed E-state index contributed by atoms with van der Waals surface area (Å²) >= 11 is 0. The van der Waals surface area contributed by atoms with E-state index in [1.54, 1.807) is 50.4 Å². The third kappa shape index (κ3) is 7.47. The van der Waals surface area contributed by atoms with Crippen molar-refractivity contribution in [3.05, 3.63) is 77.9 Å². The normalized spacial score (nSPS) is 13.0. The summed E-state index contributed by atoms with van der Waals surface area (Å²) in [6, 6.07) is 19.2. The fourth-order valence-electron chi connectivity index (χ4n) is 4.69. The van der Waals surface area contributed by atoms with Crippen molar-refractivity contribution in [2.75, 3.05) is 60.3 Å². The summed E-state index contributed by atoms with van der Waals surface area (Å²) in [7, 11) is 1.67. The highest BCUT2D eigenvalue weighted by Gasteiger charge is 2.24. The quantitative estimate of drug-likeness (QED) is 0.317. The van der Waals surface area contributed by atoms with Crippen molar-refractivity contribution in [3.8, 4) is 5.75 Å². The lowest BCUT2D eigenvalue weighted by molar-refractivity contribution is 0.0526. The summed E-state index contributed by atoms with van der Waals surface area (Å²) in [5.74, 6) is 0.208. The lowest BCUT2D eigenvalue weighted by atomic mass is 10.1. The Hall–Kier alpha value is -4.73. The Morgan fingerprint density at radius 1 is 0.829 bits per heavy atom. The monoisotopic (exact) mass is 559 g/mol. The third-order valence-corrected chi connectivity index (χ3v) is 6.62. The second-order valence-electron chi connectivity index (χ2n) is 9.88. The first-order valence-electron chi connectivity index (χ1n) is 13.7. The maximum absolute atomic E-state index is 13.2. The average molecular weight is 560 g/mol. The first kappa shape index (κ1) is 29.3. The molecule has 0 saturated carbocycles. The van der Waals surface area contributed by atoms with Crippen LogP contribution in [0.5, 0.6) is 5.75 Å². The molecule has 0 unspecified atom stereocenters. The van der Waals surface area contributed by atoms with Gasteiger partial charge in [-0.05, 0) is 75.4 Å². The molecule has 3 aromatic carbocycles. The van der Waals surface area contributed by atoms with Gasteiger partial charge in [-0.3, -0.25) is 4.79 Å². The molecule has 1 aliphatic heterocycles. The minimum Gasteiger partial charge on any atom is -0.495 e. The molecule has 0 bridgehead atoms. The van der Waals surface area contributed by atoms with Crippen LogP contribution in [0.15, 0.2) is 66.7 Å². The van der Waals surface area contributed by atoms with Gasteiger partial charge in [0.15, 0.2) is 0 Å². The highest BCUT2D eigenvalue weighted by molar-refractivity contribution is 6.04. The summed E-state index contributed by atoms with van der Waals surface area (Å²) in [5.41, 5.74) is 3.74. The standard InChI is InChI=1S/C31H37N5O5/c1-5-41-30(38)22-10-12-23(13-11-22)33-31(39)34-24-14-15-26(25(20-24)29(37)32-21(2)3)35-16-18-36(19-17-35)27-8-6-7-9-28(27)40-4/h6-15,20-21H,5,16-19H2,1-4H3,(H,32,37)(H2,33,34,39).